The topological polar surface area (TPSA) is 58.8 Å². The molecule has 1 aliphatic rings. The van der Waals surface area contributed by atoms with E-state index < -0.39 is 0 Å². The summed E-state index contributed by atoms with van der Waals surface area (Å²) in [6.45, 7) is 6.35. The second-order valence-corrected chi connectivity index (χ2v) is 5.17. The molecular weight excluding hydrogens is 254 g/mol. The Morgan fingerprint density at radius 3 is 2.75 bits per heavy atom. The van der Waals surface area contributed by atoms with E-state index in [0.29, 0.717) is 19.7 Å². The second kappa shape index (κ2) is 7.26. The van der Waals surface area contributed by atoms with E-state index in [1.54, 1.807) is 4.90 Å². The van der Waals surface area contributed by atoms with Crippen molar-refractivity contribution in [3.05, 3.63) is 35.9 Å². The van der Waals surface area contributed by atoms with Gasteiger partial charge in [0, 0.05) is 38.8 Å². The lowest BCUT2D eigenvalue weighted by Gasteiger charge is -2.38. The number of hydrogen-bond donors (Lipinski definition) is 1. The summed E-state index contributed by atoms with van der Waals surface area (Å²) in [5, 5.41) is 0. The van der Waals surface area contributed by atoms with Crippen LogP contribution < -0.4 is 5.73 Å². The highest BCUT2D eigenvalue weighted by atomic mass is 16.6. The number of carbonyl (C=O) groups is 1. The molecular formula is C15H23N3O2. The largest absolute Gasteiger partial charge is 0.445 e. The van der Waals surface area contributed by atoms with E-state index in [-0.39, 0.29) is 12.1 Å². The van der Waals surface area contributed by atoms with Crippen LogP contribution in [0.3, 0.4) is 0 Å². The van der Waals surface area contributed by atoms with E-state index in [0.717, 1.165) is 25.2 Å². The molecule has 20 heavy (non-hydrogen) atoms. The minimum Gasteiger partial charge on any atom is -0.445 e. The molecule has 1 atom stereocenters. The van der Waals surface area contributed by atoms with Crippen molar-refractivity contribution in [1.29, 1.82) is 0 Å². The van der Waals surface area contributed by atoms with Crippen LogP contribution >= 0.6 is 0 Å². The third kappa shape index (κ3) is 3.95. The van der Waals surface area contributed by atoms with Crippen LogP contribution in [-0.2, 0) is 11.3 Å². The summed E-state index contributed by atoms with van der Waals surface area (Å²) in [5.74, 6) is 0. The molecule has 5 nitrogen and oxygen atoms in total. The van der Waals surface area contributed by atoms with Gasteiger partial charge in [-0.15, -0.1) is 0 Å². The lowest BCUT2D eigenvalue weighted by molar-refractivity contribution is 0.0488. The number of nitrogens with two attached hydrogens (primary N) is 1. The Hall–Kier alpha value is -1.59. The summed E-state index contributed by atoms with van der Waals surface area (Å²) in [6.07, 6.45) is -0.228. The molecule has 1 aliphatic heterocycles. The number of nitrogens with zero attached hydrogens (tertiary/aromatic N) is 2. The van der Waals surface area contributed by atoms with Gasteiger partial charge in [0.25, 0.3) is 0 Å². The molecule has 1 heterocycles. The van der Waals surface area contributed by atoms with Gasteiger partial charge in [0.1, 0.15) is 6.61 Å². The van der Waals surface area contributed by atoms with Crippen molar-refractivity contribution in [3.8, 4) is 0 Å². The van der Waals surface area contributed by atoms with Crippen molar-refractivity contribution in [2.75, 3.05) is 32.7 Å². The first-order valence-corrected chi connectivity index (χ1v) is 7.10. The Labute approximate surface area is 120 Å². The summed E-state index contributed by atoms with van der Waals surface area (Å²) in [5.41, 5.74) is 6.57. The number of ether oxygens (including phenoxy) is 1. The van der Waals surface area contributed by atoms with Crippen molar-refractivity contribution in [1.82, 2.24) is 9.80 Å². The Kier molecular flexibility index (Phi) is 5.38. The van der Waals surface area contributed by atoms with Gasteiger partial charge >= 0.3 is 6.09 Å². The molecule has 0 bridgehead atoms. The molecule has 1 aromatic carbocycles. The number of benzene rings is 1. The molecule has 0 radical (unpaired) electrons. The zero-order chi connectivity index (χ0) is 14.4. The van der Waals surface area contributed by atoms with Crippen LogP contribution in [0.25, 0.3) is 0 Å². The number of rotatable bonds is 4. The molecule has 1 fully saturated rings. The molecule has 110 valence electrons. The van der Waals surface area contributed by atoms with Crippen LogP contribution in [0.4, 0.5) is 4.79 Å². The molecule has 2 N–H and O–H groups in total. The normalized spacial score (nSPS) is 19.9. The zero-order valence-electron chi connectivity index (χ0n) is 12.0. The molecule has 1 saturated heterocycles. The lowest BCUT2D eigenvalue weighted by Crippen LogP contribution is -2.54. The lowest BCUT2D eigenvalue weighted by atomic mass is 10.2. The number of amides is 1. The maximum atomic E-state index is 12.1. The number of hydrogen-bond acceptors (Lipinski definition) is 4. The van der Waals surface area contributed by atoms with E-state index in [2.05, 4.69) is 4.90 Å². The first kappa shape index (κ1) is 14.8. The average Bonchev–Trinajstić information content (AvgIpc) is 2.46. The average molecular weight is 277 g/mol. The third-order valence-electron chi connectivity index (χ3n) is 3.60. The standard InChI is InChI=1S/C15H23N3O2/c1-13-11-17(8-7-16)9-10-18(13)15(19)20-12-14-5-3-2-4-6-14/h2-6,13H,7-12,16H2,1H3. The van der Waals surface area contributed by atoms with Crippen molar-refractivity contribution in [2.24, 2.45) is 5.73 Å². The van der Waals surface area contributed by atoms with Crippen molar-refractivity contribution in [2.45, 2.75) is 19.6 Å². The van der Waals surface area contributed by atoms with Gasteiger partial charge in [0.05, 0.1) is 0 Å². The molecule has 2 rings (SSSR count). The molecule has 0 aromatic heterocycles. The quantitative estimate of drug-likeness (QED) is 0.901. The minimum absolute atomic E-state index is 0.165. The van der Waals surface area contributed by atoms with Crippen LogP contribution in [0.5, 0.6) is 0 Å². The van der Waals surface area contributed by atoms with Gasteiger partial charge in [-0.1, -0.05) is 30.3 Å². The van der Waals surface area contributed by atoms with E-state index >= 15 is 0 Å². The highest BCUT2D eigenvalue weighted by Gasteiger charge is 2.27. The Morgan fingerprint density at radius 2 is 2.10 bits per heavy atom. The van der Waals surface area contributed by atoms with E-state index in [9.17, 15) is 4.79 Å². The first-order chi connectivity index (χ1) is 9.70. The van der Waals surface area contributed by atoms with E-state index in [1.165, 1.54) is 0 Å². The van der Waals surface area contributed by atoms with Gasteiger partial charge in [-0.3, -0.25) is 4.90 Å². The fraction of sp³-hybridized carbons (Fsp3) is 0.533. The fourth-order valence-electron chi connectivity index (χ4n) is 2.49. The summed E-state index contributed by atoms with van der Waals surface area (Å²) in [6, 6.07) is 9.91. The summed E-state index contributed by atoms with van der Waals surface area (Å²) in [7, 11) is 0. The summed E-state index contributed by atoms with van der Waals surface area (Å²) < 4.78 is 5.38. The van der Waals surface area contributed by atoms with Crippen LogP contribution in [0.1, 0.15) is 12.5 Å². The Morgan fingerprint density at radius 1 is 1.35 bits per heavy atom. The van der Waals surface area contributed by atoms with Crippen LogP contribution in [0.2, 0.25) is 0 Å². The Balaban J connectivity index is 1.81. The monoisotopic (exact) mass is 277 g/mol. The summed E-state index contributed by atoms with van der Waals surface area (Å²) in [4.78, 5) is 16.2. The zero-order valence-corrected chi connectivity index (χ0v) is 12.0. The van der Waals surface area contributed by atoms with Crippen LogP contribution in [0, 0.1) is 0 Å². The van der Waals surface area contributed by atoms with Gasteiger partial charge in [-0.2, -0.15) is 0 Å². The van der Waals surface area contributed by atoms with Gasteiger partial charge in [0.15, 0.2) is 0 Å². The molecule has 1 aromatic rings. The summed E-state index contributed by atoms with van der Waals surface area (Å²) >= 11 is 0. The molecule has 1 amide bonds. The van der Waals surface area contributed by atoms with Gasteiger partial charge in [-0.25, -0.2) is 4.79 Å². The van der Waals surface area contributed by atoms with Gasteiger partial charge < -0.3 is 15.4 Å². The Bertz CT molecular complexity index is 424. The van der Waals surface area contributed by atoms with Crippen LogP contribution in [0.15, 0.2) is 30.3 Å². The predicted molar refractivity (Wildman–Crippen MR) is 78.3 cm³/mol. The molecule has 1 unspecified atom stereocenters. The maximum absolute atomic E-state index is 12.1. The SMILES string of the molecule is CC1CN(CCN)CCN1C(=O)OCc1ccccc1. The highest BCUT2D eigenvalue weighted by molar-refractivity contribution is 5.68. The maximum Gasteiger partial charge on any atom is 0.410 e. The van der Waals surface area contributed by atoms with E-state index in [1.807, 2.05) is 37.3 Å². The van der Waals surface area contributed by atoms with Crippen LogP contribution in [-0.4, -0.2) is 54.7 Å². The number of piperazine rings is 1. The highest BCUT2D eigenvalue weighted by Crippen LogP contribution is 2.12. The van der Waals surface area contributed by atoms with E-state index in [4.69, 9.17) is 10.5 Å². The molecule has 0 spiro atoms. The van der Waals surface area contributed by atoms with Crippen molar-refractivity contribution in [3.63, 3.8) is 0 Å². The number of carbonyl (C=O) groups excluding carboxylic acids is 1. The van der Waals surface area contributed by atoms with Crippen molar-refractivity contribution < 1.29 is 9.53 Å². The molecule has 0 aliphatic carbocycles. The minimum atomic E-state index is -0.228. The second-order valence-electron chi connectivity index (χ2n) is 5.17. The first-order valence-electron chi connectivity index (χ1n) is 7.10. The molecule has 5 heteroatoms. The predicted octanol–water partition coefficient (Wildman–Crippen LogP) is 1.29. The third-order valence-corrected chi connectivity index (χ3v) is 3.60. The van der Waals surface area contributed by atoms with Gasteiger partial charge in [-0.05, 0) is 12.5 Å². The van der Waals surface area contributed by atoms with Crippen molar-refractivity contribution >= 4 is 6.09 Å². The molecule has 0 saturated carbocycles. The van der Waals surface area contributed by atoms with Gasteiger partial charge in [0.2, 0.25) is 0 Å². The fourth-order valence-corrected chi connectivity index (χ4v) is 2.49. The smallest absolute Gasteiger partial charge is 0.410 e.